The number of nitrogens with two attached hydrogens (primary N) is 1. The van der Waals surface area contributed by atoms with Crippen LogP contribution in [0.3, 0.4) is 0 Å². The molecule has 0 aromatic heterocycles. The van der Waals surface area contributed by atoms with Gasteiger partial charge in [-0.1, -0.05) is 24.3 Å². The number of halogens is 15. The predicted molar refractivity (Wildman–Crippen MR) is 509 cm³/mol. The monoisotopic (exact) mass is 2000 g/mol. The summed E-state index contributed by atoms with van der Waals surface area (Å²) in [4.78, 5) is 64.7. The summed E-state index contributed by atoms with van der Waals surface area (Å²) in [6.45, 7) is 28.6. The van der Waals surface area contributed by atoms with Gasteiger partial charge in [-0.3, -0.25) is 24.9 Å². The molecule has 4 aliphatic heterocycles. The van der Waals surface area contributed by atoms with Crippen LogP contribution < -0.4 is 15.2 Å². The largest absolute Gasteiger partial charge is 0.534 e. The van der Waals surface area contributed by atoms with Gasteiger partial charge in [-0.25, -0.2) is 76.7 Å². The fraction of sp³-hybridized carbons (Fsp3) is 0.419. The molecule has 20 nitrogen and oxygen atoms in total. The number of amides is 1. The third kappa shape index (κ3) is 28.5. The third-order valence-corrected chi connectivity index (χ3v) is 25.1. The minimum atomic E-state index is -5.97. The van der Waals surface area contributed by atoms with Crippen molar-refractivity contribution in [3.8, 4) is 11.5 Å². The molecule has 4 heterocycles. The Hall–Kier alpha value is -12.0. The van der Waals surface area contributed by atoms with E-state index in [2.05, 4.69) is 28.4 Å². The molecule has 0 saturated heterocycles. The number of fused-ring (bicyclic) bond motifs is 4. The average molecular weight is 2010 g/mol. The van der Waals surface area contributed by atoms with Gasteiger partial charge in [0.05, 0.1) is 52.6 Å². The Kier molecular flexibility index (Phi) is 36.0. The van der Waals surface area contributed by atoms with Gasteiger partial charge >= 0.3 is 45.6 Å². The summed E-state index contributed by atoms with van der Waals surface area (Å²) in [5.41, 5.74) is 0.515. The Labute approximate surface area is 811 Å². The number of esters is 4. The number of ether oxygens (including phenoxy) is 5. The van der Waals surface area contributed by atoms with Crippen LogP contribution in [0.4, 0.5) is 82.0 Å². The number of carbonyl (C=O) groups is 5. The van der Waals surface area contributed by atoms with Crippen molar-refractivity contribution in [2.45, 2.75) is 232 Å². The van der Waals surface area contributed by atoms with Gasteiger partial charge in [0.1, 0.15) is 86.3 Å². The van der Waals surface area contributed by atoms with E-state index < -0.39 is 162 Å². The number of anilines is 2. The van der Waals surface area contributed by atoms with E-state index in [0.29, 0.717) is 47.3 Å². The fourth-order valence-corrected chi connectivity index (χ4v) is 18.5. The number of hydrogen-bond acceptors (Lipinski definition) is 19. The first-order chi connectivity index (χ1) is 65.3. The van der Waals surface area contributed by atoms with E-state index in [1.165, 1.54) is 126 Å². The molecule has 764 valence electrons. The zero-order chi connectivity index (χ0) is 105. The second kappa shape index (κ2) is 45.1. The summed E-state index contributed by atoms with van der Waals surface area (Å²) < 4.78 is 272. The van der Waals surface area contributed by atoms with E-state index in [1.807, 2.05) is 39.5 Å². The summed E-state index contributed by atoms with van der Waals surface area (Å²) in [7, 11) is -1.20. The van der Waals surface area contributed by atoms with Gasteiger partial charge in [-0.05, 0) is 337 Å². The van der Waals surface area contributed by atoms with Gasteiger partial charge < -0.3 is 38.7 Å². The number of phenolic OH excluding ortho intramolecular Hbond substituents is 1. The molecule has 0 spiro atoms. The Morgan fingerprint density at radius 1 is 0.404 bits per heavy atom. The number of nitrogens with one attached hydrogen (secondary N) is 1. The van der Waals surface area contributed by atoms with Gasteiger partial charge in [0, 0.05) is 108 Å². The van der Waals surface area contributed by atoms with Gasteiger partial charge in [-0.15, -0.1) is 0 Å². The van der Waals surface area contributed by atoms with Crippen LogP contribution in [0.1, 0.15) is 234 Å². The molecule has 8 atom stereocenters. The lowest BCUT2D eigenvalue weighted by atomic mass is 9.81. The van der Waals surface area contributed by atoms with Crippen LogP contribution in [0, 0.1) is 67.3 Å². The molecule has 36 heteroatoms. The maximum absolute atomic E-state index is 15.7. The summed E-state index contributed by atoms with van der Waals surface area (Å²) in [5.74, 6) is -9.99. The molecular weight excluding hydrogens is 1890 g/mol. The van der Waals surface area contributed by atoms with Crippen LogP contribution in [0.25, 0.3) is 24.3 Å². The maximum atomic E-state index is 15.7. The number of hydrogen-bond donors (Lipinski definition) is 3. The molecule has 4 N–H and O–H groups in total. The van der Waals surface area contributed by atoms with Crippen molar-refractivity contribution in [3.05, 3.63) is 280 Å². The first-order valence-corrected chi connectivity index (χ1v) is 46.4. The molecule has 12 rings (SSSR count). The van der Waals surface area contributed by atoms with E-state index >= 15 is 35.1 Å². The highest BCUT2D eigenvalue weighted by Gasteiger charge is 2.50. The first kappa shape index (κ1) is 113. The number of aromatic hydroxyl groups is 1. The quantitative estimate of drug-likeness (QED) is 0.0102. The average Bonchev–Trinajstić information content (AvgIpc) is 0.745. The van der Waals surface area contributed by atoms with Gasteiger partial charge in [0.25, 0.3) is 0 Å². The number of nitrogen functional groups attached to an aromatic ring is 1. The molecule has 141 heavy (non-hydrogen) atoms. The van der Waals surface area contributed by atoms with Crippen molar-refractivity contribution in [2.24, 2.45) is 0 Å². The molecule has 0 fully saturated rings. The molecule has 1 amide bonds. The van der Waals surface area contributed by atoms with Crippen LogP contribution in [0.5, 0.6) is 11.5 Å². The Morgan fingerprint density at radius 3 is 0.979 bits per heavy atom. The number of rotatable bonds is 23. The maximum Gasteiger partial charge on any atom is 0.534 e. The van der Waals surface area contributed by atoms with Crippen LogP contribution in [0.15, 0.2) is 127 Å². The summed E-state index contributed by atoms with van der Waals surface area (Å²) >= 11 is 0. The third-order valence-electron chi connectivity index (χ3n) is 24.1. The highest BCUT2D eigenvalue weighted by Crippen LogP contribution is 2.50. The highest BCUT2D eigenvalue weighted by molar-refractivity contribution is 7.88. The van der Waals surface area contributed by atoms with E-state index in [9.17, 15) is 68.2 Å². The van der Waals surface area contributed by atoms with Crippen molar-refractivity contribution >= 4 is 75.8 Å². The second-order valence-electron chi connectivity index (χ2n) is 38.8. The van der Waals surface area contributed by atoms with E-state index in [4.69, 9.17) is 10.5 Å². The Morgan fingerprint density at radius 2 is 0.681 bits per heavy atom. The van der Waals surface area contributed by atoms with Crippen LogP contribution in [-0.2, 0) is 78.7 Å². The topological polar surface area (TPSA) is 246 Å². The fourth-order valence-electron chi connectivity index (χ4n) is 17.9. The Balaban J connectivity index is 0.000000211. The number of carbonyl (C=O) groups excluding carboxylic acids is 5. The van der Waals surface area contributed by atoms with Crippen molar-refractivity contribution < 1.29 is 131 Å². The molecule has 8 unspecified atom stereocenters. The van der Waals surface area contributed by atoms with Gasteiger partial charge in [0.2, 0.25) is 0 Å². The molecule has 0 bridgehead atoms. The number of alkyl halides is 7. The minimum Gasteiger partial charge on any atom is -0.508 e. The number of nitrogens with zero attached hydrogens (tertiary/aromatic N) is 4. The smallest absolute Gasteiger partial charge is 0.508 e. The van der Waals surface area contributed by atoms with Crippen LogP contribution in [-0.4, -0.2) is 176 Å². The second-order valence-corrected chi connectivity index (χ2v) is 40.3. The lowest BCUT2D eigenvalue weighted by Crippen LogP contribution is -2.48. The normalized spacial score (nSPS) is 18.8. The number of methoxy groups -OCH3 is 4. The zero-order valence-corrected chi connectivity index (χ0v) is 83.2. The summed E-state index contributed by atoms with van der Waals surface area (Å²) in [6, 6.07) is 17.6. The molecule has 8 aromatic rings. The van der Waals surface area contributed by atoms with Gasteiger partial charge in [-0.2, -0.15) is 21.6 Å². The van der Waals surface area contributed by atoms with Gasteiger partial charge in [0.15, 0.2) is 0 Å². The van der Waals surface area contributed by atoms with Crippen molar-refractivity contribution in [2.75, 3.05) is 65.7 Å². The van der Waals surface area contributed by atoms with Crippen molar-refractivity contribution in [1.29, 1.82) is 0 Å². The molecular formula is C105H119F15N6O14S. The summed E-state index contributed by atoms with van der Waals surface area (Å²) in [5, 5.41) is 12.7. The molecule has 4 aliphatic rings. The molecule has 0 radical (unpaired) electrons. The van der Waals surface area contributed by atoms with Crippen molar-refractivity contribution in [1.82, 2.24) is 19.6 Å². The predicted octanol–water partition coefficient (Wildman–Crippen LogP) is 22.7. The van der Waals surface area contributed by atoms with Crippen LogP contribution in [0.2, 0.25) is 0 Å². The Bertz CT molecular complexity index is 6140. The zero-order valence-electron chi connectivity index (χ0n) is 82.4. The van der Waals surface area contributed by atoms with E-state index in [-0.39, 0.29) is 107 Å². The molecule has 8 aromatic carbocycles. The molecule has 0 saturated carbocycles. The van der Waals surface area contributed by atoms with E-state index in [0.717, 1.165) is 113 Å². The number of phenols is 1. The lowest BCUT2D eigenvalue weighted by molar-refractivity contribution is -0.135. The summed E-state index contributed by atoms with van der Waals surface area (Å²) in [6.07, 6.45) is 10.3. The van der Waals surface area contributed by atoms with Crippen molar-refractivity contribution in [3.63, 3.8) is 0 Å². The number of benzene rings is 8. The highest BCUT2D eigenvalue weighted by atomic mass is 32.2. The molecule has 0 aliphatic carbocycles. The standard InChI is InChI=1S/C30H37F3N2O4.C26H27F6NO5S.C25H29F3N2O2.C24H26F3NO3/c1-17-13-21-18(2)24(34-28(37)39-29(3,4)5)11-10-20(21)27(35(17)16-30(6,7)33)26-22(31)14-19(15-23(26)32)9-12-25(36)38-8;1-14-10-18-15(2)21(38-39(35,36)26(30,31)32)8-7-17(18)24(33(14)13-25(3,4)29)23-19(27)11-16(12-20(23)28)6-9-22(34)37-5;1-14-10-18-15(2)21(29)8-7-17(18)24(30(14)13-25(3,4)28)23-19(26)11-16(12-20(23)27)6-9-22(31)32-5;1-14-9-16-12-17(29)6-7-18(16)23(28(14)13-24(2,3)27)22-19(25)10-15(11-20(22)26)5-8-21(30)31-4/h9-12,14-15,17,27H,13,16H2,1-8H3,(H,34,37);6-9,11-12,14,24H,10,13H2,1-5H3;6-9,11-12,14,24H,10,13,29H2,1-5H3;5-8,10-12,14,23,29H,9,13H2,1-4H3/b12-9+;2*9-6+;8-5+. The van der Waals surface area contributed by atoms with Crippen LogP contribution >= 0.6 is 0 Å². The first-order valence-electron chi connectivity index (χ1n) is 45.0. The SMILES string of the molecule is COC(=O)/C=C/c1cc(F)c(C2c3ccc(N)c(C)c3CC(C)N2CC(C)(C)F)c(F)c1.COC(=O)/C=C/c1cc(F)c(C2c3ccc(NC(=O)OC(C)(C)C)c(C)c3CC(C)N2CC(C)(C)F)c(F)c1.COC(=O)/C=C/c1cc(F)c(C2c3ccc(O)cc3CC(C)N2CC(C)(C)F)c(F)c1.COC(=O)/C=C/c1cc(F)c(C2c3ccc(OS(=O)(=O)C(F)(F)F)c(C)c3CC(C)N2CC(C)(C)F)c(F)c1. The minimum absolute atomic E-state index is 0.00454. The van der Waals surface area contributed by atoms with E-state index in [1.54, 1.807) is 78.8 Å². The lowest BCUT2D eigenvalue weighted by Gasteiger charge is -2.44.